The Morgan fingerprint density at radius 1 is 0.824 bits per heavy atom. The van der Waals surface area contributed by atoms with Crippen LogP contribution in [0.4, 0.5) is 0 Å². The lowest BCUT2D eigenvalue weighted by Gasteiger charge is -2.09. The van der Waals surface area contributed by atoms with Gasteiger partial charge in [-0.1, -0.05) is 23.4 Å². The number of ether oxygens (including phenoxy) is 3. The second-order valence-corrected chi connectivity index (χ2v) is 7.30. The lowest BCUT2D eigenvalue weighted by molar-refractivity contribution is 0.355. The van der Waals surface area contributed by atoms with E-state index in [1.807, 2.05) is 6.07 Å². The van der Waals surface area contributed by atoms with E-state index in [1.54, 1.807) is 82.0 Å². The van der Waals surface area contributed by atoms with E-state index in [0.717, 1.165) is 0 Å². The number of hydrogen-bond donors (Lipinski definition) is 0. The summed E-state index contributed by atoms with van der Waals surface area (Å²) in [6, 6.07) is 19.6. The van der Waals surface area contributed by atoms with Gasteiger partial charge < -0.3 is 18.7 Å². The molecule has 0 spiro atoms. The number of nitrogens with zero attached hydrogens (tertiary/aromatic N) is 4. The summed E-state index contributed by atoms with van der Waals surface area (Å²) in [4.78, 5) is 17.8. The van der Waals surface area contributed by atoms with E-state index in [9.17, 15) is 4.79 Å². The van der Waals surface area contributed by atoms with Crippen LogP contribution < -0.4 is 19.8 Å². The van der Waals surface area contributed by atoms with Crippen LogP contribution in [0.25, 0.3) is 39.4 Å². The first-order chi connectivity index (χ1) is 16.6. The van der Waals surface area contributed by atoms with E-state index in [2.05, 4.69) is 15.2 Å². The zero-order valence-electron chi connectivity index (χ0n) is 18.7. The van der Waals surface area contributed by atoms with Gasteiger partial charge >= 0.3 is 0 Å². The summed E-state index contributed by atoms with van der Waals surface area (Å²) in [6.45, 7) is 0. The van der Waals surface area contributed by atoms with Crippen molar-refractivity contribution in [1.29, 1.82) is 0 Å². The van der Waals surface area contributed by atoms with E-state index in [1.165, 1.54) is 4.68 Å². The van der Waals surface area contributed by atoms with Crippen molar-refractivity contribution in [3.8, 4) is 45.9 Å². The maximum Gasteiger partial charge on any atom is 0.279 e. The van der Waals surface area contributed by atoms with E-state index >= 15 is 0 Å². The lowest BCUT2D eigenvalue weighted by Crippen LogP contribution is -2.22. The van der Waals surface area contributed by atoms with Crippen LogP contribution in [-0.2, 0) is 0 Å². The van der Waals surface area contributed by atoms with Gasteiger partial charge in [0.05, 0.1) is 32.4 Å². The highest BCUT2D eigenvalue weighted by Gasteiger charge is 2.19. The van der Waals surface area contributed by atoms with E-state index < -0.39 is 0 Å². The molecule has 170 valence electrons. The van der Waals surface area contributed by atoms with Gasteiger partial charge in [-0.3, -0.25) is 4.79 Å². The molecule has 0 atom stereocenters. The Morgan fingerprint density at radius 2 is 1.56 bits per heavy atom. The molecule has 2 aromatic heterocycles. The Morgan fingerprint density at radius 3 is 2.26 bits per heavy atom. The Labute approximate surface area is 194 Å². The monoisotopic (exact) mass is 456 g/mol. The molecule has 0 radical (unpaired) electrons. The average molecular weight is 456 g/mol. The molecule has 0 aliphatic rings. The molecule has 0 bridgehead atoms. The van der Waals surface area contributed by atoms with Crippen molar-refractivity contribution >= 4 is 10.8 Å². The second-order valence-electron chi connectivity index (χ2n) is 7.30. The minimum absolute atomic E-state index is 0.184. The molecule has 5 rings (SSSR count). The maximum absolute atomic E-state index is 13.2. The molecule has 0 aliphatic heterocycles. The third-order valence-corrected chi connectivity index (χ3v) is 5.39. The predicted octanol–water partition coefficient (Wildman–Crippen LogP) is 4.13. The van der Waals surface area contributed by atoms with Crippen molar-refractivity contribution in [3.05, 3.63) is 77.1 Å². The van der Waals surface area contributed by atoms with Crippen molar-refractivity contribution in [3.63, 3.8) is 0 Å². The molecule has 3 aromatic carbocycles. The normalized spacial score (nSPS) is 10.9. The summed E-state index contributed by atoms with van der Waals surface area (Å²) in [7, 11) is 4.71. The molecule has 34 heavy (non-hydrogen) atoms. The molecule has 0 saturated heterocycles. The van der Waals surface area contributed by atoms with Gasteiger partial charge in [-0.05, 0) is 48.5 Å². The largest absolute Gasteiger partial charge is 0.497 e. The summed E-state index contributed by atoms with van der Waals surface area (Å²) in [6.07, 6.45) is 0. The number of rotatable bonds is 6. The highest BCUT2D eigenvalue weighted by molar-refractivity contribution is 5.92. The third-order valence-electron chi connectivity index (χ3n) is 5.39. The quantitative estimate of drug-likeness (QED) is 0.376. The highest BCUT2D eigenvalue weighted by atomic mass is 16.5. The van der Waals surface area contributed by atoms with Gasteiger partial charge in [0.1, 0.15) is 5.75 Å². The minimum Gasteiger partial charge on any atom is -0.497 e. The number of fused-ring (bicyclic) bond motifs is 1. The Kier molecular flexibility index (Phi) is 5.43. The van der Waals surface area contributed by atoms with Crippen LogP contribution in [0.15, 0.2) is 76.0 Å². The number of methoxy groups -OCH3 is 3. The molecule has 9 heteroatoms. The Balaban J connectivity index is 1.65. The van der Waals surface area contributed by atoms with Gasteiger partial charge in [0.25, 0.3) is 11.4 Å². The summed E-state index contributed by atoms with van der Waals surface area (Å²) in [5.74, 6) is 2.35. The first-order valence-electron chi connectivity index (χ1n) is 10.4. The smallest absolute Gasteiger partial charge is 0.279 e. The van der Waals surface area contributed by atoms with Crippen LogP contribution in [0.5, 0.6) is 17.2 Å². The molecule has 0 aliphatic carbocycles. The molecular formula is C25H20N4O5. The van der Waals surface area contributed by atoms with E-state index in [-0.39, 0.29) is 11.4 Å². The number of aromatic nitrogens is 4. The van der Waals surface area contributed by atoms with Gasteiger partial charge in [-0.15, -0.1) is 0 Å². The van der Waals surface area contributed by atoms with E-state index in [0.29, 0.717) is 50.8 Å². The number of hydrogen-bond acceptors (Lipinski definition) is 8. The van der Waals surface area contributed by atoms with Crippen LogP contribution >= 0.6 is 0 Å². The molecule has 5 aromatic rings. The van der Waals surface area contributed by atoms with Crippen molar-refractivity contribution in [1.82, 2.24) is 19.9 Å². The van der Waals surface area contributed by atoms with Crippen molar-refractivity contribution in [2.45, 2.75) is 0 Å². The first-order valence-corrected chi connectivity index (χ1v) is 10.4. The van der Waals surface area contributed by atoms with Gasteiger partial charge in [0.2, 0.25) is 5.82 Å². The standard InChI is InChI=1S/C25H20N4O5/c1-31-17-11-9-16(10-12-17)29-25(30)19-7-5-4-6-18(19)22(27-29)24-26-23(28-34-24)15-8-13-20(32-2)21(14-15)33-3/h4-14H,1-3H3. The van der Waals surface area contributed by atoms with Gasteiger partial charge in [-0.25, -0.2) is 0 Å². The molecule has 0 fully saturated rings. The summed E-state index contributed by atoms with van der Waals surface area (Å²) in [5, 5.41) is 9.80. The van der Waals surface area contributed by atoms with Crippen LogP contribution in [0.3, 0.4) is 0 Å². The fraction of sp³-hybridized carbons (Fsp3) is 0.120. The predicted molar refractivity (Wildman–Crippen MR) is 126 cm³/mol. The van der Waals surface area contributed by atoms with E-state index in [4.69, 9.17) is 18.7 Å². The molecular weight excluding hydrogens is 436 g/mol. The van der Waals surface area contributed by atoms with Crippen LogP contribution in [0, 0.1) is 0 Å². The molecule has 0 saturated carbocycles. The topological polar surface area (TPSA) is 102 Å². The SMILES string of the molecule is COc1ccc(-n2nc(-c3nc(-c4ccc(OC)c(OC)c4)no3)c3ccccc3c2=O)cc1. The van der Waals surface area contributed by atoms with Gasteiger partial charge in [-0.2, -0.15) is 14.8 Å². The zero-order valence-corrected chi connectivity index (χ0v) is 18.7. The fourth-order valence-electron chi connectivity index (χ4n) is 3.66. The zero-order chi connectivity index (χ0) is 23.7. The van der Waals surface area contributed by atoms with Crippen molar-refractivity contribution < 1.29 is 18.7 Å². The third kappa shape index (κ3) is 3.62. The summed E-state index contributed by atoms with van der Waals surface area (Å²) >= 11 is 0. The highest BCUT2D eigenvalue weighted by Crippen LogP contribution is 2.32. The molecule has 0 N–H and O–H groups in total. The Bertz CT molecular complexity index is 1540. The maximum atomic E-state index is 13.2. The second kappa shape index (κ2) is 8.70. The van der Waals surface area contributed by atoms with Gasteiger partial charge in [0, 0.05) is 10.9 Å². The average Bonchev–Trinajstić information content (AvgIpc) is 3.39. The molecule has 0 amide bonds. The lowest BCUT2D eigenvalue weighted by atomic mass is 10.1. The summed E-state index contributed by atoms with van der Waals surface area (Å²) in [5.41, 5.74) is 1.40. The Hall–Kier alpha value is -4.66. The fourth-order valence-corrected chi connectivity index (χ4v) is 3.66. The van der Waals surface area contributed by atoms with Crippen molar-refractivity contribution in [2.24, 2.45) is 0 Å². The van der Waals surface area contributed by atoms with Gasteiger partial charge in [0.15, 0.2) is 17.2 Å². The molecule has 9 nitrogen and oxygen atoms in total. The minimum atomic E-state index is -0.260. The first kappa shape index (κ1) is 21.2. The van der Waals surface area contributed by atoms with Crippen LogP contribution in [0.2, 0.25) is 0 Å². The van der Waals surface area contributed by atoms with Crippen molar-refractivity contribution in [2.75, 3.05) is 21.3 Å². The van der Waals surface area contributed by atoms with Crippen LogP contribution in [-0.4, -0.2) is 41.3 Å². The molecule has 2 heterocycles. The summed E-state index contributed by atoms with van der Waals surface area (Å²) < 4.78 is 22.8. The van der Waals surface area contributed by atoms with Crippen LogP contribution in [0.1, 0.15) is 0 Å². The number of benzene rings is 3. The molecule has 0 unspecified atom stereocenters.